The predicted molar refractivity (Wildman–Crippen MR) is 149 cm³/mol. The molecule has 0 radical (unpaired) electrons. The van der Waals surface area contributed by atoms with Gasteiger partial charge in [0.15, 0.2) is 0 Å². The van der Waals surface area contributed by atoms with E-state index in [1.165, 1.54) is 0 Å². The molecule has 0 aromatic carbocycles. The van der Waals surface area contributed by atoms with Gasteiger partial charge in [-0.2, -0.15) is 0 Å². The molecule has 0 aromatic heterocycles. The molecule has 0 aliphatic carbocycles. The van der Waals surface area contributed by atoms with Crippen LogP contribution in [0.2, 0.25) is 0 Å². The predicted octanol–water partition coefficient (Wildman–Crippen LogP) is 7.45. The first-order valence-corrected chi connectivity index (χ1v) is 12.9. The van der Waals surface area contributed by atoms with Crippen LogP contribution in [0.15, 0.2) is 72.9 Å². The smallest absolute Gasteiger partial charge is 0.407 e. The number of carbonyl (C=O) groups is 2. The summed E-state index contributed by atoms with van der Waals surface area (Å²) in [4.78, 5) is 25.4. The second kappa shape index (κ2) is 21.7. The van der Waals surface area contributed by atoms with Crippen molar-refractivity contribution >= 4 is 12.0 Å². The molecule has 5 nitrogen and oxygen atoms in total. The molecule has 0 aliphatic heterocycles. The third-order valence-electron chi connectivity index (χ3n) is 4.66. The molecule has 0 heterocycles. The Morgan fingerprint density at radius 3 is 1.60 bits per heavy atom. The topological polar surface area (TPSA) is 58.6 Å². The summed E-state index contributed by atoms with van der Waals surface area (Å²) in [6.07, 6.45) is 32.6. The third kappa shape index (κ3) is 24.1. The normalized spacial score (nSPS) is 12.8. The lowest BCUT2D eigenvalue weighted by Gasteiger charge is -2.21. The molecule has 1 N–H and O–H groups in total. The van der Waals surface area contributed by atoms with Crippen molar-refractivity contribution in [3.63, 3.8) is 0 Å². The molecule has 2 amide bonds. The first-order chi connectivity index (χ1) is 16.8. The highest BCUT2D eigenvalue weighted by molar-refractivity contribution is 5.76. The lowest BCUT2D eigenvalue weighted by atomic mass is 10.2. The minimum absolute atomic E-state index is 0.0653. The molecule has 196 valence electrons. The zero-order valence-electron chi connectivity index (χ0n) is 22.7. The molecule has 0 aromatic rings. The molecule has 0 atom stereocenters. The van der Waals surface area contributed by atoms with Gasteiger partial charge in [0, 0.05) is 26.6 Å². The maximum absolute atomic E-state index is 12.1. The summed E-state index contributed by atoms with van der Waals surface area (Å²) in [6.45, 7) is 8.43. The van der Waals surface area contributed by atoms with E-state index in [1.807, 2.05) is 26.8 Å². The van der Waals surface area contributed by atoms with Crippen LogP contribution in [-0.2, 0) is 9.53 Å². The van der Waals surface area contributed by atoms with Crippen molar-refractivity contribution in [3.05, 3.63) is 72.9 Å². The van der Waals surface area contributed by atoms with Crippen molar-refractivity contribution in [3.8, 4) is 0 Å². The average molecular weight is 485 g/mol. The maximum Gasteiger partial charge on any atom is 0.407 e. The number of ether oxygens (including phenoxy) is 1. The number of nitrogens with one attached hydrogen (secondary N) is 1. The molecule has 0 saturated heterocycles. The van der Waals surface area contributed by atoms with E-state index in [0.29, 0.717) is 25.9 Å². The van der Waals surface area contributed by atoms with Crippen LogP contribution in [0, 0.1) is 0 Å². The molecule has 0 unspecified atom stereocenters. The summed E-state index contributed by atoms with van der Waals surface area (Å²) in [5.41, 5.74) is -0.523. The summed E-state index contributed by atoms with van der Waals surface area (Å²) < 4.78 is 5.17. The monoisotopic (exact) mass is 484 g/mol. The van der Waals surface area contributed by atoms with Crippen LogP contribution in [0.3, 0.4) is 0 Å². The van der Waals surface area contributed by atoms with Gasteiger partial charge in [-0.1, -0.05) is 79.8 Å². The SMILES string of the molecule is CCC=CCC=CCC=CCC=CCC=CCC=CCCC(=O)N(C)CCNC(=O)OC(C)(C)C. The highest BCUT2D eigenvalue weighted by Crippen LogP contribution is 2.06. The van der Waals surface area contributed by atoms with Gasteiger partial charge in [0.1, 0.15) is 5.60 Å². The van der Waals surface area contributed by atoms with Crippen LogP contribution in [0.25, 0.3) is 0 Å². The van der Waals surface area contributed by atoms with Crippen molar-refractivity contribution in [1.82, 2.24) is 10.2 Å². The highest BCUT2D eigenvalue weighted by Gasteiger charge is 2.16. The van der Waals surface area contributed by atoms with Gasteiger partial charge in [0.05, 0.1) is 0 Å². The molecule has 0 bridgehead atoms. The number of carbonyl (C=O) groups excluding carboxylic acids is 2. The van der Waals surface area contributed by atoms with Crippen molar-refractivity contribution in [2.45, 2.75) is 84.7 Å². The van der Waals surface area contributed by atoms with Gasteiger partial charge in [-0.25, -0.2) is 4.79 Å². The number of likely N-dealkylation sites (N-methyl/N-ethyl adjacent to an activating group) is 1. The van der Waals surface area contributed by atoms with Gasteiger partial charge < -0.3 is 15.0 Å². The van der Waals surface area contributed by atoms with E-state index >= 15 is 0 Å². The molecule has 0 fully saturated rings. The standard InChI is InChI=1S/C30H48N2O3/c1-6-7-8-9-10-11-12-13-14-15-16-17-18-19-20-21-22-23-24-25-28(33)32(5)27-26-31-29(34)35-30(2,3)4/h7-8,10-11,13-14,16-17,19-20,22-23H,6,9,12,15,18,21,24-27H2,1-5H3,(H,31,34). The minimum atomic E-state index is -0.523. The summed E-state index contributed by atoms with van der Waals surface area (Å²) in [6, 6.07) is 0. The van der Waals surface area contributed by atoms with E-state index in [4.69, 9.17) is 4.74 Å². The highest BCUT2D eigenvalue weighted by atomic mass is 16.6. The molecular weight excluding hydrogens is 436 g/mol. The van der Waals surface area contributed by atoms with E-state index in [-0.39, 0.29) is 5.91 Å². The second-order valence-corrected chi connectivity index (χ2v) is 9.20. The Balaban J connectivity index is 3.76. The lowest BCUT2D eigenvalue weighted by molar-refractivity contribution is -0.129. The lowest BCUT2D eigenvalue weighted by Crippen LogP contribution is -2.38. The molecule has 0 rings (SSSR count). The summed E-state index contributed by atoms with van der Waals surface area (Å²) >= 11 is 0. The van der Waals surface area contributed by atoms with E-state index < -0.39 is 11.7 Å². The van der Waals surface area contributed by atoms with Gasteiger partial charge in [-0.3, -0.25) is 4.79 Å². The van der Waals surface area contributed by atoms with E-state index in [9.17, 15) is 9.59 Å². The fourth-order valence-electron chi connectivity index (χ4n) is 2.80. The quantitative estimate of drug-likeness (QED) is 0.218. The zero-order valence-corrected chi connectivity index (χ0v) is 22.7. The molecule has 0 aliphatic rings. The van der Waals surface area contributed by atoms with Gasteiger partial charge in [0.25, 0.3) is 0 Å². The van der Waals surface area contributed by atoms with Crippen LogP contribution >= 0.6 is 0 Å². The minimum Gasteiger partial charge on any atom is -0.444 e. The Labute approximate surface area is 214 Å². The Morgan fingerprint density at radius 2 is 1.17 bits per heavy atom. The van der Waals surface area contributed by atoms with Gasteiger partial charge in [-0.15, -0.1) is 0 Å². The average Bonchev–Trinajstić information content (AvgIpc) is 2.79. The van der Waals surface area contributed by atoms with Crippen molar-refractivity contribution in [2.75, 3.05) is 20.1 Å². The largest absolute Gasteiger partial charge is 0.444 e. The van der Waals surface area contributed by atoms with Crippen LogP contribution in [0.5, 0.6) is 0 Å². The van der Waals surface area contributed by atoms with Crippen molar-refractivity contribution in [2.24, 2.45) is 0 Å². The van der Waals surface area contributed by atoms with Gasteiger partial charge in [-0.05, 0) is 65.7 Å². The number of hydrogen-bond donors (Lipinski definition) is 1. The molecule has 0 spiro atoms. The Hall–Kier alpha value is -2.82. The van der Waals surface area contributed by atoms with Gasteiger partial charge >= 0.3 is 6.09 Å². The first kappa shape index (κ1) is 32.2. The van der Waals surface area contributed by atoms with Crippen molar-refractivity contribution in [1.29, 1.82) is 0 Å². The summed E-state index contributed by atoms with van der Waals surface area (Å²) in [5.74, 6) is 0.0653. The van der Waals surface area contributed by atoms with Gasteiger partial charge in [0.2, 0.25) is 5.91 Å². The number of alkyl carbamates (subject to hydrolysis) is 1. The van der Waals surface area contributed by atoms with Crippen molar-refractivity contribution < 1.29 is 14.3 Å². The number of nitrogens with zero attached hydrogens (tertiary/aromatic N) is 1. The van der Waals surface area contributed by atoms with Crippen LogP contribution in [0.1, 0.15) is 79.1 Å². The Morgan fingerprint density at radius 1 is 0.743 bits per heavy atom. The molecule has 35 heavy (non-hydrogen) atoms. The number of amides is 2. The maximum atomic E-state index is 12.1. The number of hydrogen-bond acceptors (Lipinski definition) is 3. The second-order valence-electron chi connectivity index (χ2n) is 9.20. The first-order valence-electron chi connectivity index (χ1n) is 12.9. The molecule has 5 heteroatoms. The van der Waals surface area contributed by atoms with Crippen LogP contribution < -0.4 is 5.32 Å². The van der Waals surface area contributed by atoms with E-state index in [0.717, 1.165) is 38.5 Å². The summed E-state index contributed by atoms with van der Waals surface area (Å²) in [7, 11) is 1.75. The van der Waals surface area contributed by atoms with Crippen LogP contribution in [0.4, 0.5) is 4.79 Å². The fourth-order valence-corrected chi connectivity index (χ4v) is 2.80. The zero-order chi connectivity index (χ0) is 26.2. The number of rotatable bonds is 17. The molecular formula is C30H48N2O3. The summed E-state index contributed by atoms with van der Waals surface area (Å²) in [5, 5.41) is 2.67. The number of allylic oxidation sites excluding steroid dienone is 12. The molecule has 0 saturated carbocycles. The van der Waals surface area contributed by atoms with E-state index in [1.54, 1.807) is 11.9 Å². The fraction of sp³-hybridized carbons (Fsp3) is 0.533. The Bertz CT molecular complexity index is 737. The van der Waals surface area contributed by atoms with Crippen LogP contribution in [-0.4, -0.2) is 42.6 Å². The van der Waals surface area contributed by atoms with E-state index in [2.05, 4.69) is 79.1 Å². The Kier molecular flexibility index (Phi) is 19.9. The third-order valence-corrected chi connectivity index (χ3v) is 4.66.